The van der Waals surface area contributed by atoms with E-state index in [-0.39, 0.29) is 18.4 Å². The molecule has 0 radical (unpaired) electrons. The second-order valence-electron chi connectivity index (χ2n) is 9.84. The van der Waals surface area contributed by atoms with Crippen molar-refractivity contribution in [1.82, 2.24) is 15.6 Å². The lowest BCUT2D eigenvalue weighted by molar-refractivity contribution is -0.138. The van der Waals surface area contributed by atoms with Crippen LogP contribution >= 0.6 is 11.6 Å². The van der Waals surface area contributed by atoms with Crippen LogP contribution in [0, 0.1) is 0 Å². The Bertz CT molecular complexity index is 1020. The maximum Gasteiger partial charge on any atom is 0.304 e. The molecule has 4 N–H and O–H groups in total. The monoisotopic (exact) mass is 498 g/mol. The largest absolute Gasteiger partial charge is 0.481 e. The molecule has 0 bridgehead atoms. The first-order valence-corrected chi connectivity index (χ1v) is 13.1. The molecule has 2 aliphatic rings. The first-order valence-electron chi connectivity index (χ1n) is 12.7. The lowest BCUT2D eigenvalue weighted by atomic mass is 9.74. The van der Waals surface area contributed by atoms with Crippen molar-refractivity contribution in [1.29, 1.82) is 0 Å². The number of nitrogens with one attached hydrogen (secondary N) is 3. The van der Waals surface area contributed by atoms with Gasteiger partial charge in [-0.1, -0.05) is 43.0 Å². The number of nitrogens with zero attached hydrogens (tertiary/aromatic N) is 1. The van der Waals surface area contributed by atoms with Gasteiger partial charge in [-0.25, -0.2) is 4.98 Å². The Kier molecular flexibility index (Phi) is 8.63. The minimum atomic E-state index is -0.841. The molecule has 1 aliphatic carbocycles. The Hall–Kier alpha value is -2.64. The fourth-order valence-electron chi connectivity index (χ4n) is 5.28. The number of benzene rings is 1. The highest BCUT2D eigenvalue weighted by atomic mass is 35.5. The Labute approximate surface area is 212 Å². The van der Waals surface area contributed by atoms with Gasteiger partial charge in [-0.2, -0.15) is 0 Å². The van der Waals surface area contributed by atoms with E-state index in [1.165, 1.54) is 6.42 Å². The Morgan fingerprint density at radius 2 is 1.86 bits per heavy atom. The third kappa shape index (κ3) is 6.73. The third-order valence-electron chi connectivity index (χ3n) is 7.20. The molecule has 8 heteroatoms. The number of aromatic nitrogens is 1. The molecule has 1 saturated heterocycles. The molecule has 1 aliphatic heterocycles. The zero-order valence-electron chi connectivity index (χ0n) is 20.1. The predicted molar refractivity (Wildman–Crippen MR) is 138 cm³/mol. The van der Waals surface area contributed by atoms with Crippen LogP contribution in [0.3, 0.4) is 0 Å². The summed E-state index contributed by atoms with van der Waals surface area (Å²) in [4.78, 5) is 29.9. The fraction of sp³-hybridized carbons (Fsp3) is 0.519. The van der Waals surface area contributed by atoms with Gasteiger partial charge < -0.3 is 21.1 Å². The van der Waals surface area contributed by atoms with Crippen molar-refractivity contribution in [3.05, 3.63) is 58.2 Å². The van der Waals surface area contributed by atoms with Crippen LogP contribution in [-0.2, 0) is 16.6 Å². The van der Waals surface area contributed by atoms with Crippen LogP contribution < -0.4 is 16.0 Å². The number of aliphatic carboxylic acids is 1. The standard InChI is InChI=1S/C27H35ClN4O3/c28-20-9-7-19(8-10-20)13-16-30-25-22(26(35)31-21-5-2-1-3-6-21)11-12-23(32-25)27(17-24(33)34)14-4-15-29-18-27/h7-12,21,29H,1-6,13-18H2,(H,30,32)(H,31,35)(H,33,34)/t27-/m0/s1. The first-order chi connectivity index (χ1) is 16.9. The highest BCUT2D eigenvalue weighted by Gasteiger charge is 2.38. The summed E-state index contributed by atoms with van der Waals surface area (Å²) in [5.74, 6) is -0.453. The summed E-state index contributed by atoms with van der Waals surface area (Å²) >= 11 is 6.00. The van der Waals surface area contributed by atoms with E-state index in [0.29, 0.717) is 29.5 Å². The number of rotatable bonds is 9. The number of hydrogen-bond donors (Lipinski definition) is 4. The minimum absolute atomic E-state index is 0.00479. The van der Waals surface area contributed by atoms with Crippen molar-refractivity contribution < 1.29 is 14.7 Å². The summed E-state index contributed by atoms with van der Waals surface area (Å²) in [6.45, 7) is 2.02. The van der Waals surface area contributed by atoms with Crippen molar-refractivity contribution in [2.24, 2.45) is 0 Å². The van der Waals surface area contributed by atoms with Crippen LogP contribution in [0.25, 0.3) is 0 Å². The van der Waals surface area contributed by atoms with E-state index in [9.17, 15) is 14.7 Å². The van der Waals surface area contributed by atoms with Crippen LogP contribution in [0.1, 0.15) is 73.0 Å². The Morgan fingerprint density at radius 3 is 2.54 bits per heavy atom. The molecule has 1 saturated carbocycles. The van der Waals surface area contributed by atoms with Gasteiger partial charge in [0.25, 0.3) is 5.91 Å². The third-order valence-corrected chi connectivity index (χ3v) is 7.46. The summed E-state index contributed by atoms with van der Waals surface area (Å²) in [5.41, 5.74) is 1.76. The summed E-state index contributed by atoms with van der Waals surface area (Å²) in [7, 11) is 0. The number of piperidine rings is 1. The molecule has 2 aromatic rings. The molecule has 1 amide bonds. The lowest BCUT2D eigenvalue weighted by Crippen LogP contribution is -2.45. The van der Waals surface area contributed by atoms with Gasteiger partial charge in [-0.15, -0.1) is 0 Å². The number of anilines is 1. The summed E-state index contributed by atoms with van der Waals surface area (Å²) in [6, 6.07) is 11.5. The lowest BCUT2D eigenvalue weighted by Gasteiger charge is -2.36. The number of hydrogen-bond acceptors (Lipinski definition) is 5. The van der Waals surface area contributed by atoms with Crippen LogP contribution in [0.4, 0.5) is 5.82 Å². The zero-order chi connectivity index (χ0) is 24.7. The highest BCUT2D eigenvalue weighted by Crippen LogP contribution is 2.35. The summed E-state index contributed by atoms with van der Waals surface area (Å²) in [5, 5.41) is 20.2. The second kappa shape index (κ2) is 11.9. The van der Waals surface area contributed by atoms with E-state index in [0.717, 1.165) is 62.7 Å². The Balaban J connectivity index is 1.58. The number of carbonyl (C=O) groups excluding carboxylic acids is 1. The smallest absolute Gasteiger partial charge is 0.304 e. The van der Waals surface area contributed by atoms with E-state index < -0.39 is 11.4 Å². The number of amides is 1. The van der Waals surface area contributed by atoms with E-state index in [1.54, 1.807) is 0 Å². The van der Waals surface area contributed by atoms with E-state index in [2.05, 4.69) is 16.0 Å². The zero-order valence-corrected chi connectivity index (χ0v) is 20.9. The normalized spacial score (nSPS) is 20.8. The molecule has 7 nitrogen and oxygen atoms in total. The molecule has 1 aromatic carbocycles. The van der Waals surface area contributed by atoms with E-state index in [4.69, 9.17) is 16.6 Å². The molecule has 35 heavy (non-hydrogen) atoms. The van der Waals surface area contributed by atoms with Crippen LogP contribution in [0.5, 0.6) is 0 Å². The van der Waals surface area contributed by atoms with Crippen molar-refractivity contribution in [2.75, 3.05) is 25.0 Å². The predicted octanol–water partition coefficient (Wildman–Crippen LogP) is 4.55. The average Bonchev–Trinajstić information content (AvgIpc) is 2.86. The van der Waals surface area contributed by atoms with Crippen molar-refractivity contribution in [3.8, 4) is 0 Å². The topological polar surface area (TPSA) is 103 Å². The van der Waals surface area contributed by atoms with E-state index in [1.807, 2.05) is 36.4 Å². The summed E-state index contributed by atoms with van der Waals surface area (Å²) in [6.07, 6.45) is 7.89. The molecular weight excluding hydrogens is 464 g/mol. The van der Waals surface area contributed by atoms with Gasteiger partial charge in [0.05, 0.1) is 17.7 Å². The number of pyridine rings is 1. The van der Waals surface area contributed by atoms with Crippen molar-refractivity contribution in [2.45, 2.75) is 69.2 Å². The van der Waals surface area contributed by atoms with Crippen LogP contribution in [0.15, 0.2) is 36.4 Å². The second-order valence-corrected chi connectivity index (χ2v) is 10.3. The number of carboxylic acid groups (broad SMARTS) is 1. The molecular formula is C27H35ClN4O3. The van der Waals surface area contributed by atoms with Gasteiger partial charge in [-0.05, 0) is 68.5 Å². The average molecular weight is 499 g/mol. The van der Waals surface area contributed by atoms with E-state index >= 15 is 0 Å². The van der Waals surface area contributed by atoms with Gasteiger partial charge in [-0.3, -0.25) is 9.59 Å². The van der Waals surface area contributed by atoms with Gasteiger partial charge >= 0.3 is 5.97 Å². The highest BCUT2D eigenvalue weighted by molar-refractivity contribution is 6.30. The Morgan fingerprint density at radius 1 is 1.09 bits per heavy atom. The molecule has 188 valence electrons. The van der Waals surface area contributed by atoms with Crippen molar-refractivity contribution >= 4 is 29.3 Å². The molecule has 0 spiro atoms. The van der Waals surface area contributed by atoms with Crippen LogP contribution in [0.2, 0.25) is 5.02 Å². The molecule has 1 aromatic heterocycles. The molecule has 4 rings (SSSR count). The number of halogens is 1. The van der Waals surface area contributed by atoms with Gasteiger partial charge in [0.2, 0.25) is 0 Å². The maximum absolute atomic E-state index is 13.2. The van der Waals surface area contributed by atoms with Crippen molar-refractivity contribution in [3.63, 3.8) is 0 Å². The quantitative estimate of drug-likeness (QED) is 0.404. The van der Waals surface area contributed by atoms with Gasteiger partial charge in [0.1, 0.15) is 5.82 Å². The first kappa shape index (κ1) is 25.5. The summed E-state index contributed by atoms with van der Waals surface area (Å²) < 4.78 is 0. The molecule has 1 atom stereocenters. The molecule has 2 fully saturated rings. The van der Waals surface area contributed by atoms with Gasteiger partial charge in [0.15, 0.2) is 0 Å². The number of carboxylic acids is 1. The number of carbonyl (C=O) groups is 2. The molecule has 0 unspecified atom stereocenters. The van der Waals surface area contributed by atoms with Gasteiger partial charge in [0, 0.05) is 29.6 Å². The van der Waals surface area contributed by atoms with Crippen LogP contribution in [-0.4, -0.2) is 47.6 Å². The molecule has 2 heterocycles. The minimum Gasteiger partial charge on any atom is -0.481 e. The maximum atomic E-state index is 13.2. The SMILES string of the molecule is O=C(O)C[C@@]1(c2ccc(C(=O)NC3CCCCC3)c(NCCc3ccc(Cl)cc3)n2)CCCNC1. The fourth-order valence-corrected chi connectivity index (χ4v) is 5.40.